The van der Waals surface area contributed by atoms with E-state index in [-0.39, 0.29) is 17.3 Å². The maximum Gasteiger partial charge on any atom is 0.126 e. The van der Waals surface area contributed by atoms with Gasteiger partial charge in [0.25, 0.3) is 0 Å². The van der Waals surface area contributed by atoms with Crippen molar-refractivity contribution in [1.82, 2.24) is 0 Å². The van der Waals surface area contributed by atoms with Crippen molar-refractivity contribution in [2.75, 3.05) is 0 Å². The molecule has 0 aromatic heterocycles. The first-order chi connectivity index (χ1) is 6.32. The van der Waals surface area contributed by atoms with Crippen LogP contribution in [0.2, 0.25) is 0 Å². The van der Waals surface area contributed by atoms with Gasteiger partial charge in [0.05, 0.1) is 0 Å². The van der Waals surface area contributed by atoms with Gasteiger partial charge < -0.3 is 5.73 Å². The van der Waals surface area contributed by atoms with Gasteiger partial charge in [0.1, 0.15) is 5.82 Å². The Labute approximate surface area is 85.1 Å². The fourth-order valence-electron chi connectivity index (χ4n) is 1.30. The van der Waals surface area contributed by atoms with E-state index in [0.717, 1.165) is 5.56 Å². The van der Waals surface area contributed by atoms with E-state index < -0.39 is 0 Å². The van der Waals surface area contributed by atoms with Crippen LogP contribution in [0.3, 0.4) is 0 Å². The first-order valence-electron chi connectivity index (χ1n) is 4.84. The molecule has 0 spiro atoms. The molecule has 0 fully saturated rings. The highest BCUT2D eigenvalue weighted by molar-refractivity contribution is 5.26. The molecular weight excluding hydrogens is 177 g/mol. The van der Waals surface area contributed by atoms with Gasteiger partial charge in [0.2, 0.25) is 0 Å². The van der Waals surface area contributed by atoms with Gasteiger partial charge in [-0.3, -0.25) is 0 Å². The molecule has 0 heterocycles. The average molecular weight is 195 g/mol. The van der Waals surface area contributed by atoms with E-state index in [1.807, 2.05) is 6.07 Å². The van der Waals surface area contributed by atoms with Crippen LogP contribution in [0.25, 0.3) is 0 Å². The third kappa shape index (κ3) is 2.32. The molecule has 0 radical (unpaired) electrons. The lowest BCUT2D eigenvalue weighted by atomic mass is 9.83. The molecule has 1 aromatic carbocycles. The molecule has 1 atom stereocenters. The fourth-order valence-corrected chi connectivity index (χ4v) is 1.30. The number of hydrogen-bond donors (Lipinski definition) is 1. The minimum absolute atomic E-state index is 0.0400. The van der Waals surface area contributed by atoms with Gasteiger partial charge in [-0.2, -0.15) is 0 Å². The first kappa shape index (κ1) is 11.2. The van der Waals surface area contributed by atoms with Crippen LogP contribution < -0.4 is 5.73 Å². The monoisotopic (exact) mass is 195 g/mol. The molecule has 0 aliphatic rings. The van der Waals surface area contributed by atoms with Gasteiger partial charge in [-0.05, 0) is 29.5 Å². The van der Waals surface area contributed by atoms with E-state index in [9.17, 15) is 4.39 Å². The zero-order valence-electron chi connectivity index (χ0n) is 9.26. The zero-order chi connectivity index (χ0) is 10.9. The summed E-state index contributed by atoms with van der Waals surface area (Å²) in [7, 11) is 0. The second-order valence-electron chi connectivity index (χ2n) is 4.85. The highest BCUT2D eigenvalue weighted by Crippen LogP contribution is 2.30. The van der Waals surface area contributed by atoms with E-state index in [4.69, 9.17) is 5.73 Å². The second kappa shape index (κ2) is 3.70. The molecule has 1 nitrogen and oxygen atoms in total. The summed E-state index contributed by atoms with van der Waals surface area (Å²) < 4.78 is 13.3. The summed E-state index contributed by atoms with van der Waals surface area (Å²) in [4.78, 5) is 0. The largest absolute Gasteiger partial charge is 0.324 e. The standard InChI is InChI=1S/C12H18FN/c1-8-5-6-9(7-10(8)13)11(14)12(2,3)4/h5-7,11H,14H2,1-4H3. The van der Waals surface area contributed by atoms with Crippen molar-refractivity contribution in [3.63, 3.8) is 0 Å². The topological polar surface area (TPSA) is 26.0 Å². The molecule has 0 aliphatic carbocycles. The molecule has 0 aliphatic heterocycles. The predicted molar refractivity (Wildman–Crippen MR) is 57.5 cm³/mol. The van der Waals surface area contributed by atoms with Crippen LogP contribution in [0.5, 0.6) is 0 Å². The lowest BCUT2D eigenvalue weighted by Crippen LogP contribution is -2.26. The van der Waals surface area contributed by atoms with Gasteiger partial charge in [-0.15, -0.1) is 0 Å². The summed E-state index contributed by atoms with van der Waals surface area (Å²) >= 11 is 0. The van der Waals surface area contributed by atoms with E-state index in [1.54, 1.807) is 13.0 Å². The van der Waals surface area contributed by atoms with Crippen molar-refractivity contribution in [2.24, 2.45) is 11.1 Å². The fraction of sp³-hybridized carbons (Fsp3) is 0.500. The van der Waals surface area contributed by atoms with Crippen LogP contribution in [-0.4, -0.2) is 0 Å². The summed E-state index contributed by atoms with van der Waals surface area (Å²) in [6.45, 7) is 7.90. The number of halogens is 1. The minimum Gasteiger partial charge on any atom is -0.324 e. The molecule has 0 amide bonds. The van der Waals surface area contributed by atoms with E-state index >= 15 is 0 Å². The van der Waals surface area contributed by atoms with Crippen LogP contribution in [0.4, 0.5) is 4.39 Å². The molecular formula is C12H18FN. The molecule has 2 heteroatoms. The molecule has 1 aromatic rings. The Morgan fingerprint density at radius 2 is 1.86 bits per heavy atom. The smallest absolute Gasteiger partial charge is 0.126 e. The van der Waals surface area contributed by atoms with Crippen molar-refractivity contribution in [3.05, 3.63) is 35.1 Å². The maximum absolute atomic E-state index is 13.3. The Kier molecular flexibility index (Phi) is 2.95. The van der Waals surface area contributed by atoms with E-state index in [2.05, 4.69) is 20.8 Å². The summed E-state index contributed by atoms with van der Waals surface area (Å²) in [5.74, 6) is -0.179. The summed E-state index contributed by atoms with van der Waals surface area (Å²) in [6, 6.07) is 5.08. The third-order valence-corrected chi connectivity index (χ3v) is 2.49. The van der Waals surface area contributed by atoms with Gasteiger partial charge in [-0.1, -0.05) is 32.9 Å². The first-order valence-corrected chi connectivity index (χ1v) is 4.84. The predicted octanol–water partition coefficient (Wildman–Crippen LogP) is 3.18. The Bertz CT molecular complexity index is 326. The molecule has 0 saturated carbocycles. The Morgan fingerprint density at radius 3 is 2.29 bits per heavy atom. The normalized spacial score (nSPS) is 14.1. The maximum atomic E-state index is 13.3. The lowest BCUT2D eigenvalue weighted by Gasteiger charge is -2.27. The zero-order valence-corrected chi connectivity index (χ0v) is 9.26. The highest BCUT2D eigenvalue weighted by Gasteiger charge is 2.22. The summed E-state index contributed by atoms with van der Waals surface area (Å²) in [6.07, 6.45) is 0. The molecule has 0 bridgehead atoms. The van der Waals surface area contributed by atoms with E-state index in [0.29, 0.717) is 5.56 Å². The van der Waals surface area contributed by atoms with Gasteiger partial charge in [0.15, 0.2) is 0 Å². The summed E-state index contributed by atoms with van der Waals surface area (Å²) in [5.41, 5.74) is 7.51. The molecule has 1 rings (SSSR count). The quantitative estimate of drug-likeness (QED) is 0.731. The van der Waals surface area contributed by atoms with E-state index in [1.165, 1.54) is 6.07 Å². The second-order valence-corrected chi connectivity index (χ2v) is 4.85. The molecule has 0 saturated heterocycles. The van der Waals surface area contributed by atoms with Crippen molar-refractivity contribution < 1.29 is 4.39 Å². The lowest BCUT2D eigenvalue weighted by molar-refractivity contribution is 0.326. The van der Waals surface area contributed by atoms with Crippen LogP contribution in [0, 0.1) is 18.2 Å². The van der Waals surface area contributed by atoms with Crippen molar-refractivity contribution in [3.8, 4) is 0 Å². The average Bonchev–Trinajstić information content (AvgIpc) is 2.07. The van der Waals surface area contributed by atoms with Crippen LogP contribution in [0.1, 0.15) is 37.9 Å². The SMILES string of the molecule is Cc1ccc(C(N)C(C)(C)C)cc1F. The van der Waals surface area contributed by atoms with Crippen LogP contribution in [-0.2, 0) is 0 Å². The number of nitrogens with two attached hydrogens (primary N) is 1. The molecule has 2 N–H and O–H groups in total. The van der Waals surface area contributed by atoms with Gasteiger partial charge in [0, 0.05) is 6.04 Å². The highest BCUT2D eigenvalue weighted by atomic mass is 19.1. The Hall–Kier alpha value is -0.890. The Morgan fingerprint density at radius 1 is 1.29 bits per heavy atom. The van der Waals surface area contributed by atoms with Crippen LogP contribution in [0.15, 0.2) is 18.2 Å². The number of hydrogen-bond acceptors (Lipinski definition) is 1. The molecule has 1 unspecified atom stereocenters. The molecule has 14 heavy (non-hydrogen) atoms. The Balaban J connectivity index is 3.03. The number of rotatable bonds is 1. The summed E-state index contributed by atoms with van der Waals surface area (Å²) in [5, 5.41) is 0. The van der Waals surface area contributed by atoms with Gasteiger partial charge in [-0.25, -0.2) is 4.39 Å². The third-order valence-electron chi connectivity index (χ3n) is 2.49. The molecule has 78 valence electrons. The van der Waals surface area contributed by atoms with Crippen molar-refractivity contribution >= 4 is 0 Å². The minimum atomic E-state index is -0.179. The van der Waals surface area contributed by atoms with Crippen molar-refractivity contribution in [2.45, 2.75) is 33.7 Å². The number of aryl methyl sites for hydroxylation is 1. The van der Waals surface area contributed by atoms with Gasteiger partial charge >= 0.3 is 0 Å². The van der Waals surface area contributed by atoms with Crippen molar-refractivity contribution in [1.29, 1.82) is 0 Å². The van der Waals surface area contributed by atoms with Crippen LogP contribution >= 0.6 is 0 Å². The number of benzene rings is 1.